The van der Waals surface area contributed by atoms with Gasteiger partial charge < -0.3 is 5.32 Å². The van der Waals surface area contributed by atoms with Crippen molar-refractivity contribution in [3.05, 3.63) is 11.6 Å². The molecule has 80 valence electrons. The van der Waals surface area contributed by atoms with Crippen molar-refractivity contribution in [2.75, 3.05) is 7.05 Å². The van der Waals surface area contributed by atoms with Gasteiger partial charge in [0, 0.05) is 13.0 Å². The van der Waals surface area contributed by atoms with Crippen molar-refractivity contribution in [3.63, 3.8) is 0 Å². The fourth-order valence-corrected chi connectivity index (χ4v) is 1.96. The van der Waals surface area contributed by atoms with Gasteiger partial charge in [-0.3, -0.25) is 4.79 Å². The zero-order valence-electron chi connectivity index (χ0n) is 9.68. The topological polar surface area (TPSA) is 29.1 Å². The molecule has 0 bridgehead atoms. The minimum absolute atomic E-state index is 0.213. The van der Waals surface area contributed by atoms with Crippen molar-refractivity contribution in [2.45, 2.75) is 40.0 Å². The third-order valence-electron chi connectivity index (χ3n) is 3.18. The van der Waals surface area contributed by atoms with E-state index in [0.717, 1.165) is 19.3 Å². The Labute approximate surface area is 86.8 Å². The molecule has 1 rings (SSSR count). The lowest BCUT2D eigenvalue weighted by Crippen LogP contribution is -2.22. The van der Waals surface area contributed by atoms with Crippen molar-refractivity contribution in [1.29, 1.82) is 0 Å². The highest BCUT2D eigenvalue weighted by Crippen LogP contribution is 2.55. The molecule has 2 heteroatoms. The van der Waals surface area contributed by atoms with Crippen LogP contribution < -0.4 is 5.32 Å². The minimum atomic E-state index is 0.213. The number of hydrogen-bond donors (Lipinski definition) is 1. The molecule has 0 aliphatic heterocycles. The van der Waals surface area contributed by atoms with Gasteiger partial charge in [-0.1, -0.05) is 18.6 Å². The van der Waals surface area contributed by atoms with Crippen LogP contribution >= 0.6 is 0 Å². The van der Waals surface area contributed by atoms with Crippen LogP contribution in [0.5, 0.6) is 0 Å². The second kappa shape index (κ2) is 4.16. The first-order valence-electron chi connectivity index (χ1n) is 5.34. The van der Waals surface area contributed by atoms with Gasteiger partial charge in [0.05, 0.1) is 0 Å². The second-order valence-electron chi connectivity index (χ2n) is 4.85. The number of allylic oxidation sites excluding steroid dienone is 2. The van der Waals surface area contributed by atoms with Crippen LogP contribution in [0.4, 0.5) is 0 Å². The maximum absolute atomic E-state index is 11.4. The van der Waals surface area contributed by atoms with E-state index in [1.54, 1.807) is 7.05 Å². The molecule has 14 heavy (non-hydrogen) atoms. The smallest absolute Gasteiger partial charge is 0.223 e. The largest absolute Gasteiger partial charge is 0.359 e. The van der Waals surface area contributed by atoms with Gasteiger partial charge in [0.1, 0.15) is 0 Å². The van der Waals surface area contributed by atoms with E-state index in [-0.39, 0.29) is 17.2 Å². The Kier molecular flexibility index (Phi) is 3.35. The third kappa shape index (κ3) is 2.60. The number of nitrogens with one attached hydrogen (secondary N) is 1. The lowest BCUT2D eigenvalue weighted by atomic mass is 9.98. The molecule has 1 aliphatic carbocycles. The van der Waals surface area contributed by atoms with Crippen molar-refractivity contribution in [3.8, 4) is 0 Å². The summed E-state index contributed by atoms with van der Waals surface area (Å²) >= 11 is 0. The highest BCUT2D eigenvalue weighted by molar-refractivity contribution is 5.82. The molecule has 0 aromatic carbocycles. The molecular weight excluding hydrogens is 174 g/mol. The van der Waals surface area contributed by atoms with Crippen LogP contribution in [0.15, 0.2) is 11.6 Å². The summed E-state index contributed by atoms with van der Waals surface area (Å²) in [6.07, 6.45) is 5.55. The maximum Gasteiger partial charge on any atom is 0.223 e. The molecule has 1 N–H and O–H groups in total. The Morgan fingerprint density at radius 2 is 2.21 bits per heavy atom. The Morgan fingerprint density at radius 3 is 2.71 bits per heavy atom. The van der Waals surface area contributed by atoms with E-state index < -0.39 is 0 Å². The van der Waals surface area contributed by atoms with Crippen LogP contribution in [0, 0.1) is 11.3 Å². The standard InChI is InChI=1S/C12H21NO/c1-9(2)6-5-7-12(3)8-10(12)11(14)13-4/h6,10H,5,7-8H2,1-4H3,(H,13,14). The fraction of sp³-hybridized carbons (Fsp3) is 0.750. The van der Waals surface area contributed by atoms with Crippen molar-refractivity contribution in [1.82, 2.24) is 5.32 Å². The number of rotatable bonds is 4. The lowest BCUT2D eigenvalue weighted by molar-refractivity contribution is -0.122. The van der Waals surface area contributed by atoms with E-state index in [2.05, 4.69) is 32.2 Å². The average molecular weight is 195 g/mol. The molecule has 2 unspecified atom stereocenters. The molecule has 0 radical (unpaired) electrons. The van der Waals surface area contributed by atoms with Crippen LogP contribution in [0.2, 0.25) is 0 Å². The predicted molar refractivity (Wildman–Crippen MR) is 58.9 cm³/mol. The first-order chi connectivity index (χ1) is 6.49. The van der Waals surface area contributed by atoms with Gasteiger partial charge in [-0.15, -0.1) is 0 Å². The second-order valence-corrected chi connectivity index (χ2v) is 4.85. The van der Waals surface area contributed by atoms with Crippen LogP contribution in [-0.2, 0) is 4.79 Å². The molecule has 2 nitrogen and oxygen atoms in total. The highest BCUT2D eigenvalue weighted by Gasteiger charge is 2.53. The van der Waals surface area contributed by atoms with E-state index in [0.29, 0.717) is 0 Å². The Hall–Kier alpha value is -0.790. The number of hydrogen-bond acceptors (Lipinski definition) is 1. The van der Waals surface area contributed by atoms with E-state index >= 15 is 0 Å². The molecule has 0 saturated heterocycles. The first kappa shape index (κ1) is 11.3. The maximum atomic E-state index is 11.4. The fourth-order valence-electron chi connectivity index (χ4n) is 1.96. The number of amides is 1. The van der Waals surface area contributed by atoms with Crippen LogP contribution in [0.3, 0.4) is 0 Å². The molecule has 1 saturated carbocycles. The Bertz CT molecular complexity index is 253. The van der Waals surface area contributed by atoms with Gasteiger partial charge >= 0.3 is 0 Å². The van der Waals surface area contributed by atoms with Gasteiger partial charge in [0.25, 0.3) is 0 Å². The molecule has 0 spiro atoms. The Balaban J connectivity index is 2.34. The van der Waals surface area contributed by atoms with Crippen LogP contribution in [0.25, 0.3) is 0 Å². The molecule has 1 aliphatic rings. The zero-order chi connectivity index (χ0) is 10.8. The van der Waals surface area contributed by atoms with Gasteiger partial charge in [-0.05, 0) is 38.5 Å². The molecule has 0 aromatic heterocycles. The van der Waals surface area contributed by atoms with Gasteiger partial charge in [0.15, 0.2) is 0 Å². The highest BCUT2D eigenvalue weighted by atomic mass is 16.2. The van der Waals surface area contributed by atoms with Crippen LogP contribution in [-0.4, -0.2) is 13.0 Å². The van der Waals surface area contributed by atoms with Gasteiger partial charge in [-0.25, -0.2) is 0 Å². The van der Waals surface area contributed by atoms with E-state index in [1.807, 2.05) is 0 Å². The monoisotopic (exact) mass is 195 g/mol. The molecule has 0 aromatic rings. The van der Waals surface area contributed by atoms with Gasteiger partial charge in [0.2, 0.25) is 5.91 Å². The SMILES string of the molecule is CNC(=O)C1CC1(C)CCC=C(C)C. The summed E-state index contributed by atoms with van der Waals surface area (Å²) in [5.74, 6) is 0.475. The van der Waals surface area contributed by atoms with E-state index in [4.69, 9.17) is 0 Å². The van der Waals surface area contributed by atoms with E-state index in [9.17, 15) is 4.79 Å². The summed E-state index contributed by atoms with van der Waals surface area (Å²) in [5, 5.41) is 2.73. The molecule has 1 fully saturated rings. The lowest BCUT2D eigenvalue weighted by Gasteiger charge is -2.08. The summed E-state index contributed by atoms with van der Waals surface area (Å²) in [5.41, 5.74) is 1.64. The van der Waals surface area contributed by atoms with Crippen molar-refractivity contribution >= 4 is 5.91 Å². The van der Waals surface area contributed by atoms with Crippen LogP contribution in [0.1, 0.15) is 40.0 Å². The summed E-state index contributed by atoms with van der Waals surface area (Å²) in [6, 6.07) is 0. The minimum Gasteiger partial charge on any atom is -0.359 e. The quantitative estimate of drug-likeness (QED) is 0.686. The average Bonchev–Trinajstić information content (AvgIpc) is 2.76. The van der Waals surface area contributed by atoms with Crippen molar-refractivity contribution in [2.24, 2.45) is 11.3 Å². The molecule has 1 amide bonds. The van der Waals surface area contributed by atoms with Crippen molar-refractivity contribution < 1.29 is 4.79 Å². The molecular formula is C12H21NO. The summed E-state index contributed by atoms with van der Waals surface area (Å²) in [4.78, 5) is 11.4. The summed E-state index contributed by atoms with van der Waals surface area (Å²) in [6.45, 7) is 6.45. The number of carbonyl (C=O) groups is 1. The van der Waals surface area contributed by atoms with Gasteiger partial charge in [-0.2, -0.15) is 0 Å². The Morgan fingerprint density at radius 1 is 1.57 bits per heavy atom. The summed E-state index contributed by atoms with van der Waals surface area (Å²) in [7, 11) is 1.72. The molecule has 0 heterocycles. The predicted octanol–water partition coefficient (Wildman–Crippen LogP) is 2.51. The number of carbonyl (C=O) groups excluding carboxylic acids is 1. The summed E-state index contributed by atoms with van der Waals surface area (Å²) < 4.78 is 0. The first-order valence-corrected chi connectivity index (χ1v) is 5.34. The molecule has 2 atom stereocenters. The normalized spacial score (nSPS) is 29.6. The third-order valence-corrected chi connectivity index (χ3v) is 3.18. The van der Waals surface area contributed by atoms with E-state index in [1.165, 1.54) is 5.57 Å². The zero-order valence-corrected chi connectivity index (χ0v) is 9.68.